The number of thiophene rings is 1. The molecule has 5 nitrogen and oxygen atoms in total. The summed E-state index contributed by atoms with van der Waals surface area (Å²) >= 11 is 5.77. The van der Waals surface area contributed by atoms with E-state index in [0.29, 0.717) is 39.1 Å². The van der Waals surface area contributed by atoms with Crippen LogP contribution < -0.4 is 11.5 Å². The number of allylic oxidation sites excluding steroid dienone is 1. The second kappa shape index (κ2) is 8.91. The maximum absolute atomic E-state index is 10.7. The van der Waals surface area contributed by atoms with Crippen LogP contribution in [0.3, 0.4) is 0 Å². The van der Waals surface area contributed by atoms with Gasteiger partial charge in [0.05, 0.1) is 10.6 Å². The first-order valence-electron chi connectivity index (χ1n) is 8.27. The van der Waals surface area contributed by atoms with Crippen molar-refractivity contribution in [3.05, 3.63) is 51.9 Å². The number of aliphatic hydroxyl groups is 1. The van der Waals surface area contributed by atoms with Gasteiger partial charge in [-0.3, -0.25) is 5.41 Å². The Morgan fingerprint density at radius 2 is 2.08 bits per heavy atom. The Morgan fingerprint density at radius 3 is 2.65 bits per heavy atom. The van der Waals surface area contributed by atoms with Crippen molar-refractivity contribution < 1.29 is 5.11 Å². The molecule has 0 radical (unpaired) electrons. The summed E-state index contributed by atoms with van der Waals surface area (Å²) in [6.45, 7) is 4.19. The van der Waals surface area contributed by atoms with Gasteiger partial charge in [-0.1, -0.05) is 19.9 Å². The monoisotopic (exact) mass is 388 g/mol. The van der Waals surface area contributed by atoms with E-state index in [2.05, 4.69) is 31.5 Å². The van der Waals surface area contributed by atoms with Gasteiger partial charge >= 0.3 is 0 Å². The van der Waals surface area contributed by atoms with Crippen LogP contribution in [0.5, 0.6) is 0 Å². The summed E-state index contributed by atoms with van der Waals surface area (Å²) in [6.07, 6.45) is 1.35. The van der Waals surface area contributed by atoms with Crippen molar-refractivity contribution in [1.82, 2.24) is 0 Å². The fourth-order valence-electron chi connectivity index (χ4n) is 2.32. The normalized spacial score (nSPS) is 13.0. The molecule has 0 bridgehead atoms. The maximum atomic E-state index is 10.7. The Balaban J connectivity index is 2.44. The topological polar surface area (TPSA) is 108 Å². The quantitative estimate of drug-likeness (QED) is 0.153. The van der Waals surface area contributed by atoms with Crippen molar-refractivity contribution >= 4 is 46.9 Å². The highest BCUT2D eigenvalue weighted by atomic mass is 32.1. The van der Waals surface area contributed by atoms with Crippen LogP contribution in [0.25, 0.3) is 0 Å². The van der Waals surface area contributed by atoms with Gasteiger partial charge in [-0.2, -0.15) is 0 Å². The molecule has 1 aromatic heterocycles. The van der Waals surface area contributed by atoms with Crippen LogP contribution in [0, 0.1) is 11.3 Å². The molecular formula is C19H24N4OS2. The number of rotatable bonds is 7. The Bertz CT molecular complexity index is 839. The van der Waals surface area contributed by atoms with E-state index in [1.54, 1.807) is 24.3 Å². The molecule has 1 aromatic carbocycles. The van der Waals surface area contributed by atoms with Gasteiger partial charge in [-0.25, -0.2) is 4.99 Å². The first-order chi connectivity index (χ1) is 12.3. The molecule has 0 aliphatic carbocycles. The molecule has 2 aromatic rings. The van der Waals surface area contributed by atoms with Gasteiger partial charge < -0.3 is 16.6 Å². The lowest BCUT2D eigenvalue weighted by molar-refractivity contribution is 0.434. The van der Waals surface area contributed by atoms with Crippen LogP contribution in [0.2, 0.25) is 0 Å². The number of hydrogen-bond donors (Lipinski definition) is 5. The van der Waals surface area contributed by atoms with Gasteiger partial charge in [0.2, 0.25) is 0 Å². The largest absolute Gasteiger partial charge is 0.505 e. The number of thiol groups is 1. The average molecular weight is 389 g/mol. The van der Waals surface area contributed by atoms with Crippen LogP contribution in [0.1, 0.15) is 31.6 Å². The van der Waals surface area contributed by atoms with Gasteiger partial charge in [-0.15, -0.1) is 24.0 Å². The van der Waals surface area contributed by atoms with Crippen molar-refractivity contribution in [2.24, 2.45) is 16.6 Å². The third-order valence-corrected chi connectivity index (χ3v) is 5.06. The molecule has 0 fully saturated rings. The summed E-state index contributed by atoms with van der Waals surface area (Å²) in [5.74, 6) is 0.480. The zero-order valence-corrected chi connectivity index (χ0v) is 16.6. The van der Waals surface area contributed by atoms with Crippen molar-refractivity contribution in [3.63, 3.8) is 0 Å². The summed E-state index contributed by atoms with van der Waals surface area (Å²) in [5.41, 5.74) is 13.6. The number of anilines is 1. The zero-order valence-electron chi connectivity index (χ0n) is 14.9. The Labute approximate surface area is 163 Å². The van der Waals surface area contributed by atoms with E-state index in [9.17, 15) is 5.11 Å². The smallest absolute Gasteiger partial charge is 0.148 e. The van der Waals surface area contributed by atoms with Crippen molar-refractivity contribution in [3.8, 4) is 0 Å². The highest BCUT2D eigenvalue weighted by Crippen LogP contribution is 2.27. The molecule has 7 heteroatoms. The van der Waals surface area contributed by atoms with Gasteiger partial charge in [0.25, 0.3) is 0 Å². The molecule has 0 saturated carbocycles. The van der Waals surface area contributed by atoms with E-state index in [1.165, 1.54) is 11.3 Å². The fourth-order valence-corrected chi connectivity index (χ4v) is 3.27. The molecule has 0 saturated heterocycles. The molecule has 0 atom stereocenters. The van der Waals surface area contributed by atoms with Crippen LogP contribution in [-0.2, 0) is 0 Å². The Hall–Kier alpha value is -2.25. The minimum Gasteiger partial charge on any atom is -0.505 e. The summed E-state index contributed by atoms with van der Waals surface area (Å²) < 4.78 is 0. The number of nitrogens with one attached hydrogen (secondary N) is 1. The molecule has 2 rings (SSSR count). The van der Waals surface area contributed by atoms with Crippen LogP contribution in [-0.4, -0.2) is 16.7 Å². The number of nitrogen functional groups attached to an aromatic ring is 1. The lowest BCUT2D eigenvalue weighted by Gasteiger charge is -2.13. The second-order valence-corrected chi connectivity index (χ2v) is 7.79. The molecule has 0 amide bonds. The minimum absolute atomic E-state index is 0.0558. The first-order valence-corrected chi connectivity index (χ1v) is 9.60. The van der Waals surface area contributed by atoms with E-state index in [0.717, 1.165) is 6.42 Å². The van der Waals surface area contributed by atoms with Crippen LogP contribution in [0.4, 0.5) is 11.4 Å². The average Bonchev–Trinajstić information content (AvgIpc) is 3.11. The fraction of sp³-hybridized carbons (Fsp3) is 0.263. The van der Waals surface area contributed by atoms with E-state index >= 15 is 0 Å². The molecule has 1 heterocycles. The molecule has 26 heavy (non-hydrogen) atoms. The highest BCUT2D eigenvalue weighted by Gasteiger charge is 2.17. The van der Waals surface area contributed by atoms with E-state index in [-0.39, 0.29) is 17.3 Å². The van der Waals surface area contributed by atoms with Gasteiger partial charge in [0.1, 0.15) is 17.3 Å². The van der Waals surface area contributed by atoms with Gasteiger partial charge in [0.15, 0.2) is 0 Å². The van der Waals surface area contributed by atoms with Gasteiger partial charge in [0, 0.05) is 16.2 Å². The SMILES string of the molecule is CC(C)CC/C(C(N)=Nc1ccc(N)cc1S)=C(/O)C(=N)c1cccs1. The number of nitrogens with zero attached hydrogens (tertiary/aromatic N) is 1. The summed E-state index contributed by atoms with van der Waals surface area (Å²) in [6, 6.07) is 8.78. The number of aliphatic hydroxyl groups excluding tert-OH is 1. The van der Waals surface area contributed by atoms with Crippen LogP contribution >= 0.6 is 24.0 Å². The molecule has 138 valence electrons. The Morgan fingerprint density at radius 1 is 1.35 bits per heavy atom. The lowest BCUT2D eigenvalue weighted by atomic mass is 9.99. The van der Waals surface area contributed by atoms with E-state index in [4.69, 9.17) is 16.9 Å². The third-order valence-electron chi connectivity index (χ3n) is 3.81. The molecule has 0 aliphatic heterocycles. The third kappa shape index (κ3) is 5.12. The lowest BCUT2D eigenvalue weighted by Crippen LogP contribution is -2.20. The predicted octanol–water partition coefficient (Wildman–Crippen LogP) is 4.92. The standard InChI is InChI=1S/C19H24N4OS2/c1-11(2)5-7-13(18(24)17(21)16-4-3-9-26-16)19(22)23-14-8-6-12(20)10-15(14)25/h3-4,6,8-11,21,24-25H,5,7,20H2,1-2H3,(H2,22,23)/b18-13-,21-17?. The van der Waals surface area contributed by atoms with Crippen molar-refractivity contribution in [2.45, 2.75) is 31.6 Å². The minimum atomic E-state index is -0.134. The second-order valence-electron chi connectivity index (χ2n) is 6.36. The van der Waals surface area contributed by atoms with E-state index < -0.39 is 0 Å². The summed E-state index contributed by atoms with van der Waals surface area (Å²) in [4.78, 5) is 5.70. The van der Waals surface area contributed by atoms with E-state index in [1.807, 2.05) is 11.4 Å². The highest BCUT2D eigenvalue weighted by molar-refractivity contribution is 7.80. The zero-order chi connectivity index (χ0) is 19.3. The molecule has 0 spiro atoms. The molecule has 0 unspecified atom stereocenters. The van der Waals surface area contributed by atoms with Crippen molar-refractivity contribution in [2.75, 3.05) is 5.73 Å². The Kier molecular flexibility index (Phi) is 6.88. The molecular weight excluding hydrogens is 364 g/mol. The first kappa shape index (κ1) is 20.1. The molecule has 6 N–H and O–H groups in total. The van der Waals surface area contributed by atoms with Crippen molar-refractivity contribution in [1.29, 1.82) is 5.41 Å². The number of aliphatic imine (C=N–C) groups is 1. The number of benzene rings is 1. The number of amidine groups is 1. The van der Waals surface area contributed by atoms with Crippen LogP contribution in [0.15, 0.2) is 56.9 Å². The maximum Gasteiger partial charge on any atom is 0.148 e. The van der Waals surface area contributed by atoms with Gasteiger partial charge in [-0.05, 0) is 48.4 Å². The summed E-state index contributed by atoms with van der Waals surface area (Å²) in [7, 11) is 0. The molecule has 0 aliphatic rings. The number of hydrogen-bond acceptors (Lipinski definition) is 6. The summed E-state index contributed by atoms with van der Waals surface area (Å²) in [5, 5.41) is 20.8. The number of nitrogens with two attached hydrogens (primary N) is 2. The predicted molar refractivity (Wildman–Crippen MR) is 114 cm³/mol.